The van der Waals surface area contributed by atoms with Gasteiger partial charge in [0.25, 0.3) is 0 Å². The van der Waals surface area contributed by atoms with Gasteiger partial charge in [-0.1, -0.05) is 25.5 Å². The smallest absolute Gasteiger partial charge is 0.0363 e. The molecule has 0 aliphatic heterocycles. The predicted molar refractivity (Wildman–Crippen MR) is 67.2 cm³/mol. The molecule has 0 aliphatic rings. The van der Waals surface area contributed by atoms with Crippen molar-refractivity contribution in [2.75, 3.05) is 18.5 Å². The molecule has 0 heterocycles. The van der Waals surface area contributed by atoms with Crippen molar-refractivity contribution in [3.63, 3.8) is 0 Å². The summed E-state index contributed by atoms with van der Waals surface area (Å²) in [6.07, 6.45) is 2.48. The first kappa shape index (κ1) is 12.1. The second-order valence-electron chi connectivity index (χ2n) is 4.16. The molecule has 0 bridgehead atoms. The van der Waals surface area contributed by atoms with Crippen molar-refractivity contribution in [1.82, 2.24) is 0 Å². The maximum Gasteiger partial charge on any atom is 0.0363 e. The van der Waals surface area contributed by atoms with E-state index in [9.17, 15) is 0 Å². The zero-order valence-corrected chi connectivity index (χ0v) is 10.0. The summed E-state index contributed by atoms with van der Waals surface area (Å²) < 4.78 is 0. The number of benzene rings is 1. The van der Waals surface area contributed by atoms with Gasteiger partial charge in [-0.25, -0.2) is 0 Å². The maximum atomic E-state index is 5.81. The first-order valence-electron chi connectivity index (χ1n) is 5.71. The number of hydrogen-bond acceptors (Lipinski definition) is 2. The lowest BCUT2D eigenvalue weighted by Crippen LogP contribution is -2.18. The van der Waals surface area contributed by atoms with E-state index >= 15 is 0 Å². The van der Waals surface area contributed by atoms with Gasteiger partial charge in [0.15, 0.2) is 0 Å². The minimum absolute atomic E-state index is 0.125. The second-order valence-corrected chi connectivity index (χ2v) is 4.16. The molecule has 2 heteroatoms. The van der Waals surface area contributed by atoms with Gasteiger partial charge >= 0.3 is 0 Å². The van der Waals surface area contributed by atoms with Crippen molar-refractivity contribution in [2.24, 2.45) is 5.73 Å². The Labute approximate surface area is 93.1 Å². The van der Waals surface area contributed by atoms with Crippen molar-refractivity contribution in [2.45, 2.75) is 32.7 Å². The number of unbranched alkanes of at least 4 members (excludes halogenated alkanes) is 1. The van der Waals surface area contributed by atoms with Crippen LogP contribution in [0.3, 0.4) is 0 Å². The Balaban J connectivity index is 2.62. The number of hydrogen-bond donors (Lipinski definition) is 1. The highest BCUT2D eigenvalue weighted by Crippen LogP contribution is 2.17. The first-order valence-corrected chi connectivity index (χ1v) is 5.71. The summed E-state index contributed by atoms with van der Waals surface area (Å²) in [5.74, 6) is 0. The largest absolute Gasteiger partial charge is 0.375 e. The Kier molecular flexibility index (Phi) is 4.63. The van der Waals surface area contributed by atoms with Crippen LogP contribution < -0.4 is 10.6 Å². The summed E-state index contributed by atoms with van der Waals surface area (Å²) in [7, 11) is 2.14. The van der Waals surface area contributed by atoms with Crippen LogP contribution in [0.15, 0.2) is 24.3 Å². The van der Waals surface area contributed by atoms with Crippen molar-refractivity contribution < 1.29 is 0 Å². The first-order chi connectivity index (χ1) is 7.15. The van der Waals surface area contributed by atoms with Crippen LogP contribution in [0.1, 0.15) is 38.3 Å². The number of anilines is 1. The van der Waals surface area contributed by atoms with E-state index in [-0.39, 0.29) is 6.04 Å². The van der Waals surface area contributed by atoms with Gasteiger partial charge in [0, 0.05) is 25.3 Å². The summed E-state index contributed by atoms with van der Waals surface area (Å²) in [5, 5.41) is 0. The molecule has 0 aliphatic carbocycles. The number of rotatable bonds is 5. The highest BCUT2D eigenvalue weighted by molar-refractivity contribution is 5.47. The third-order valence-corrected chi connectivity index (χ3v) is 2.71. The standard InChI is InChI=1S/C13H22N2/c1-4-5-10-15(3)13-8-6-12(7-9-13)11(2)14/h6-9,11H,4-5,10,14H2,1-3H3. The fourth-order valence-electron chi connectivity index (χ4n) is 1.56. The summed E-state index contributed by atoms with van der Waals surface area (Å²) in [5.41, 5.74) is 8.27. The van der Waals surface area contributed by atoms with Crippen LogP contribution in [0.2, 0.25) is 0 Å². The molecule has 0 saturated carbocycles. The van der Waals surface area contributed by atoms with Crippen LogP contribution in [0, 0.1) is 0 Å². The highest BCUT2D eigenvalue weighted by atomic mass is 15.1. The Morgan fingerprint density at radius 3 is 2.33 bits per heavy atom. The SMILES string of the molecule is CCCCN(C)c1ccc(C(C)N)cc1. The van der Waals surface area contributed by atoms with Gasteiger partial charge in [-0.3, -0.25) is 0 Å². The van der Waals surface area contributed by atoms with Crippen molar-refractivity contribution in [3.05, 3.63) is 29.8 Å². The number of nitrogens with two attached hydrogens (primary N) is 1. The van der Waals surface area contributed by atoms with Crippen LogP contribution in [-0.2, 0) is 0 Å². The van der Waals surface area contributed by atoms with Crippen LogP contribution in [0.25, 0.3) is 0 Å². The summed E-state index contributed by atoms with van der Waals surface area (Å²) in [6, 6.07) is 8.65. The zero-order chi connectivity index (χ0) is 11.3. The quantitative estimate of drug-likeness (QED) is 0.802. The molecular weight excluding hydrogens is 184 g/mol. The monoisotopic (exact) mass is 206 g/mol. The Bertz CT molecular complexity index is 277. The molecule has 1 aromatic carbocycles. The van der Waals surface area contributed by atoms with Crippen molar-refractivity contribution in [1.29, 1.82) is 0 Å². The molecule has 0 amide bonds. The number of nitrogens with zero attached hydrogens (tertiary/aromatic N) is 1. The lowest BCUT2D eigenvalue weighted by Gasteiger charge is -2.19. The lowest BCUT2D eigenvalue weighted by atomic mass is 10.1. The average Bonchev–Trinajstić information content (AvgIpc) is 2.26. The Morgan fingerprint density at radius 2 is 1.87 bits per heavy atom. The molecule has 1 unspecified atom stereocenters. The van der Waals surface area contributed by atoms with E-state index in [0.717, 1.165) is 6.54 Å². The normalized spacial score (nSPS) is 12.5. The highest BCUT2D eigenvalue weighted by Gasteiger charge is 2.02. The fraction of sp³-hybridized carbons (Fsp3) is 0.538. The molecule has 2 N–H and O–H groups in total. The lowest BCUT2D eigenvalue weighted by molar-refractivity contribution is 0.765. The third kappa shape index (κ3) is 3.56. The van der Waals surface area contributed by atoms with E-state index in [0.29, 0.717) is 0 Å². The van der Waals surface area contributed by atoms with Crippen LogP contribution in [0.4, 0.5) is 5.69 Å². The molecule has 2 nitrogen and oxygen atoms in total. The van der Waals surface area contributed by atoms with E-state index in [1.807, 2.05) is 6.92 Å². The van der Waals surface area contributed by atoms with Gasteiger partial charge in [-0.15, -0.1) is 0 Å². The molecule has 15 heavy (non-hydrogen) atoms. The van der Waals surface area contributed by atoms with E-state index in [2.05, 4.69) is 43.1 Å². The molecule has 0 aromatic heterocycles. The summed E-state index contributed by atoms with van der Waals surface area (Å²) in [4.78, 5) is 2.29. The molecule has 0 saturated heterocycles. The van der Waals surface area contributed by atoms with Gasteiger partial charge in [0.1, 0.15) is 0 Å². The molecule has 1 aromatic rings. The van der Waals surface area contributed by atoms with Crippen LogP contribution in [-0.4, -0.2) is 13.6 Å². The van der Waals surface area contributed by atoms with Gasteiger partial charge in [0.2, 0.25) is 0 Å². The molecule has 84 valence electrons. The maximum absolute atomic E-state index is 5.81. The van der Waals surface area contributed by atoms with Gasteiger partial charge < -0.3 is 10.6 Å². The predicted octanol–water partition coefficient (Wildman–Crippen LogP) is 2.94. The molecule has 0 fully saturated rings. The van der Waals surface area contributed by atoms with Crippen molar-refractivity contribution >= 4 is 5.69 Å². The van der Waals surface area contributed by atoms with Gasteiger partial charge in [-0.05, 0) is 31.0 Å². The minimum Gasteiger partial charge on any atom is -0.375 e. The summed E-state index contributed by atoms with van der Waals surface area (Å²) in [6.45, 7) is 5.34. The fourth-order valence-corrected chi connectivity index (χ4v) is 1.56. The average molecular weight is 206 g/mol. The van der Waals surface area contributed by atoms with Crippen LogP contribution >= 0.6 is 0 Å². The molecule has 0 spiro atoms. The zero-order valence-electron chi connectivity index (χ0n) is 10.0. The van der Waals surface area contributed by atoms with E-state index < -0.39 is 0 Å². The van der Waals surface area contributed by atoms with Crippen LogP contribution in [0.5, 0.6) is 0 Å². The molecule has 1 atom stereocenters. The van der Waals surface area contributed by atoms with E-state index in [1.165, 1.54) is 24.1 Å². The topological polar surface area (TPSA) is 29.3 Å². The molecule has 1 rings (SSSR count). The van der Waals surface area contributed by atoms with E-state index in [4.69, 9.17) is 5.73 Å². The Morgan fingerprint density at radius 1 is 1.27 bits per heavy atom. The second kappa shape index (κ2) is 5.76. The third-order valence-electron chi connectivity index (χ3n) is 2.71. The van der Waals surface area contributed by atoms with Gasteiger partial charge in [-0.2, -0.15) is 0 Å². The van der Waals surface area contributed by atoms with Crippen molar-refractivity contribution in [3.8, 4) is 0 Å². The van der Waals surface area contributed by atoms with Gasteiger partial charge in [0.05, 0.1) is 0 Å². The van der Waals surface area contributed by atoms with E-state index in [1.54, 1.807) is 0 Å². The summed E-state index contributed by atoms with van der Waals surface area (Å²) >= 11 is 0. The molecule has 0 radical (unpaired) electrons. The minimum atomic E-state index is 0.125. The Hall–Kier alpha value is -1.02. The molecular formula is C13H22N2.